The second-order valence-corrected chi connectivity index (χ2v) is 27.4. The summed E-state index contributed by atoms with van der Waals surface area (Å²) in [6, 6.07) is -5.65. The maximum absolute atomic E-state index is 13.4. The Labute approximate surface area is 606 Å². The predicted octanol–water partition coefficient (Wildman–Crippen LogP) is -18.1. The smallest absolute Gasteiger partial charge is 0.217 e. The molecule has 0 aromatic heterocycles. The molecule has 0 bridgehead atoms. The van der Waals surface area contributed by atoms with E-state index in [9.17, 15) is 137 Å². The van der Waals surface area contributed by atoms with Crippen molar-refractivity contribution in [2.45, 2.75) is 311 Å². The minimum Gasteiger partial charge on any atom is -0.394 e. The van der Waals surface area contributed by atoms with Crippen molar-refractivity contribution in [2.75, 3.05) is 46.2 Å². The molecule has 9 rings (SSSR count). The Bertz CT molecular complexity index is 2810. The van der Waals surface area contributed by atoms with Gasteiger partial charge >= 0.3 is 0 Å². The third kappa shape index (κ3) is 19.3. The van der Waals surface area contributed by atoms with Crippen molar-refractivity contribution in [1.29, 1.82) is 0 Å². The molecule has 0 unspecified atom stereocenters. The molecule has 620 valence electrons. The van der Waals surface area contributed by atoms with Crippen LogP contribution in [-0.2, 0) is 94.9 Å². The van der Waals surface area contributed by atoms with Crippen LogP contribution in [0.4, 0.5) is 0 Å². The summed E-state index contributed by atoms with van der Waals surface area (Å²) >= 11 is 0. The van der Waals surface area contributed by atoms with Crippen molar-refractivity contribution in [3.63, 3.8) is 0 Å². The van der Waals surface area contributed by atoms with Crippen molar-refractivity contribution >= 4 is 17.7 Å². The van der Waals surface area contributed by atoms with E-state index < -0.39 is 340 Å². The molecular formula is C60H101N3O44. The van der Waals surface area contributed by atoms with Gasteiger partial charge in [-0.2, -0.15) is 0 Å². The monoisotopic (exact) mass is 1570 g/mol. The summed E-state index contributed by atoms with van der Waals surface area (Å²) in [5.41, 5.74) is 0. The van der Waals surface area contributed by atoms with Crippen LogP contribution in [0.25, 0.3) is 0 Å². The topological polar surface area (TPSA) is 730 Å². The lowest BCUT2D eigenvalue weighted by atomic mass is 9.93. The van der Waals surface area contributed by atoms with Crippen LogP contribution < -0.4 is 16.0 Å². The van der Waals surface area contributed by atoms with Gasteiger partial charge in [-0.1, -0.05) is 0 Å². The van der Waals surface area contributed by atoms with Crippen molar-refractivity contribution in [3.05, 3.63) is 0 Å². The Morgan fingerprint density at radius 3 is 1.12 bits per heavy atom. The SMILES string of the molecule is CC(=O)N[C@@H]1[C@@H](O[C@@H]2O[C@@H](C)[C@@H](O)[C@@H](O)[C@@H]2O)[C@H](O[C@@H]2O[C@H](CO)[C@@H](O[C@@H]3O[C@H](CO[C@H]4O[C@H](CO)[C@@H](O)[C@H](O)[C@@H]4O[C@H]4O[C@H](CO)[C@@H](O)[C@H](O)[C@@H]4O)[C@@H](O)[C@H](O[C@H]4O[C@H](CO)[C@@H](O)[C@H](O)[C@@H]4O[C@@H]4O[C@H](CO)[C@@H](O)[C@H](O)[C@H]4NC(C)=O)[C@@H]3O)[C@H](O)[C@H]2NC(C)=O)[C@@H](CO[C@@H]2O[C@@H](C)[C@@H](O)[C@@H](O)[C@@H]2O)O[C@H]1O. The van der Waals surface area contributed by atoms with E-state index in [0.29, 0.717) is 0 Å². The third-order valence-electron chi connectivity index (χ3n) is 19.9. The average Bonchev–Trinajstić information content (AvgIpc) is 0.766. The van der Waals surface area contributed by atoms with Gasteiger partial charge in [0.15, 0.2) is 56.6 Å². The number of aliphatic hydroxyl groups is 24. The molecule has 0 aliphatic carbocycles. The summed E-state index contributed by atoms with van der Waals surface area (Å²) in [7, 11) is 0. The fraction of sp³-hybridized carbons (Fsp3) is 0.950. The number of hydrogen-bond donors (Lipinski definition) is 27. The van der Waals surface area contributed by atoms with Crippen LogP contribution in [0.15, 0.2) is 0 Å². The van der Waals surface area contributed by atoms with E-state index in [1.165, 1.54) is 13.8 Å². The number of carbonyl (C=O) groups excluding carboxylic acids is 3. The second kappa shape index (κ2) is 37.8. The lowest BCUT2D eigenvalue weighted by molar-refractivity contribution is -0.398. The molecule has 9 aliphatic heterocycles. The minimum absolute atomic E-state index is 0.863. The third-order valence-corrected chi connectivity index (χ3v) is 19.9. The minimum atomic E-state index is -2.55. The molecule has 0 spiro atoms. The first kappa shape index (κ1) is 87.7. The highest BCUT2D eigenvalue weighted by atomic mass is 16.8. The molecular weight excluding hydrogens is 1470 g/mol. The summed E-state index contributed by atoms with van der Waals surface area (Å²) in [4.78, 5) is 38.8. The summed E-state index contributed by atoms with van der Waals surface area (Å²) in [6.07, 6.45) is -84.9. The first-order valence-corrected chi connectivity index (χ1v) is 34.3. The fourth-order valence-electron chi connectivity index (χ4n) is 13.8. The van der Waals surface area contributed by atoms with Crippen molar-refractivity contribution in [3.8, 4) is 0 Å². The number of ether oxygens (including phenoxy) is 17. The molecule has 9 aliphatic rings. The van der Waals surface area contributed by atoms with Gasteiger partial charge in [0.05, 0.1) is 58.5 Å². The highest BCUT2D eigenvalue weighted by Crippen LogP contribution is 2.40. The molecule has 3 amide bonds. The molecule has 0 aromatic rings. The maximum Gasteiger partial charge on any atom is 0.217 e. The standard InChI is InChI=1S/C60H101N3O44/c1-13-28(72)37(81)42(86)55(93-13)91-12-24-47(48(27(52(90)95-24)63-17(5)71)104-56-43(87)38(82)29(73)14(2)94-56)103-54-26(62-16(4)70)36(80)46(22(10-68)100-54)102-58-45(89)49(105-60-51(41(85)33(77)21(9-67)99-60)106-53-25(61-15(3)69)35(79)30(74)18(6-64)96-53)34(78)23(101-58)11-92-59-50(40(84)32(76)20(8-66)98-59)107-57-44(88)39(83)31(75)19(7-65)97-57/h13-14,18-60,64-68,72-90H,6-12H2,1-5H3,(H,61,69)(H,62,70)(H,63,71)/t13-,14-,18+,19+,20+,21+,22+,23+,24+,25+,26+,27+,28+,29+,30+,31+,32+,33+,34+,35+,36+,37+,38+,39-,40-,41-,42-,43-,44-,45-,46+,47+,48+,49-,50-,51-,52+,53-,54-,55+,56-,57+,58-,59-,60+/m0/s1. The number of aliphatic hydroxyl groups excluding tert-OH is 24. The molecule has 9 heterocycles. The Kier molecular flexibility index (Phi) is 31.0. The zero-order chi connectivity index (χ0) is 78.8. The normalized spacial score (nSPS) is 50.7. The van der Waals surface area contributed by atoms with Gasteiger partial charge in [0.1, 0.15) is 207 Å². The number of amides is 3. The van der Waals surface area contributed by atoms with Crippen LogP contribution in [0.3, 0.4) is 0 Å². The summed E-state index contributed by atoms with van der Waals surface area (Å²) < 4.78 is 101. The molecule has 0 radical (unpaired) electrons. The molecule has 107 heavy (non-hydrogen) atoms. The van der Waals surface area contributed by atoms with Gasteiger partial charge in [-0.05, 0) is 13.8 Å². The highest BCUT2D eigenvalue weighted by Gasteiger charge is 2.61. The number of carbonyl (C=O) groups is 3. The first-order valence-electron chi connectivity index (χ1n) is 34.3. The van der Waals surface area contributed by atoms with Crippen LogP contribution in [0.2, 0.25) is 0 Å². The van der Waals surface area contributed by atoms with Crippen LogP contribution in [0.1, 0.15) is 34.6 Å². The average molecular weight is 1570 g/mol. The molecule has 0 aromatic carbocycles. The summed E-state index contributed by atoms with van der Waals surface area (Å²) in [6.45, 7) is -2.01. The van der Waals surface area contributed by atoms with E-state index in [0.717, 1.165) is 20.8 Å². The lowest BCUT2D eigenvalue weighted by Gasteiger charge is -2.51. The van der Waals surface area contributed by atoms with Crippen molar-refractivity contribution in [1.82, 2.24) is 16.0 Å². The van der Waals surface area contributed by atoms with E-state index in [1.807, 2.05) is 0 Å². The van der Waals surface area contributed by atoms with Gasteiger partial charge < -0.3 is 219 Å². The lowest BCUT2D eigenvalue weighted by Crippen LogP contribution is -2.71. The fourth-order valence-corrected chi connectivity index (χ4v) is 13.8. The van der Waals surface area contributed by atoms with Gasteiger partial charge in [-0.3, -0.25) is 14.4 Å². The Balaban J connectivity index is 1.07. The molecule has 27 N–H and O–H groups in total. The van der Waals surface area contributed by atoms with Crippen LogP contribution in [-0.4, -0.2) is 463 Å². The largest absolute Gasteiger partial charge is 0.394 e. The Morgan fingerprint density at radius 1 is 0.262 bits per heavy atom. The zero-order valence-corrected chi connectivity index (χ0v) is 57.8. The summed E-state index contributed by atoms with van der Waals surface area (Å²) in [5.74, 6) is -2.74. The van der Waals surface area contributed by atoms with Crippen molar-refractivity contribution < 1.29 is 217 Å². The van der Waals surface area contributed by atoms with E-state index in [1.54, 1.807) is 0 Å². The Morgan fingerprint density at radius 2 is 0.598 bits per heavy atom. The predicted molar refractivity (Wildman–Crippen MR) is 329 cm³/mol. The molecule has 45 atom stereocenters. The van der Waals surface area contributed by atoms with Gasteiger partial charge in [-0.25, -0.2) is 0 Å². The molecule has 0 saturated carbocycles. The number of rotatable bonds is 26. The van der Waals surface area contributed by atoms with Gasteiger partial charge in [0, 0.05) is 20.8 Å². The molecule has 9 saturated heterocycles. The molecule has 47 heteroatoms. The van der Waals surface area contributed by atoms with Crippen LogP contribution in [0.5, 0.6) is 0 Å². The molecule has 9 fully saturated rings. The second-order valence-electron chi connectivity index (χ2n) is 27.4. The number of hydrogen-bond acceptors (Lipinski definition) is 44. The number of nitrogens with one attached hydrogen (secondary N) is 3. The van der Waals surface area contributed by atoms with E-state index in [-0.39, 0.29) is 0 Å². The van der Waals surface area contributed by atoms with Crippen molar-refractivity contribution in [2.24, 2.45) is 0 Å². The van der Waals surface area contributed by atoms with Gasteiger partial charge in [0.25, 0.3) is 0 Å². The van der Waals surface area contributed by atoms with Crippen LogP contribution in [0, 0.1) is 0 Å². The Hall–Kier alpha value is -3.23. The van der Waals surface area contributed by atoms with Gasteiger partial charge in [0.2, 0.25) is 17.7 Å². The van der Waals surface area contributed by atoms with Gasteiger partial charge in [-0.15, -0.1) is 0 Å². The molecule has 47 nitrogen and oxygen atoms in total. The van der Waals surface area contributed by atoms with E-state index in [2.05, 4.69) is 16.0 Å². The highest BCUT2D eigenvalue weighted by molar-refractivity contribution is 5.74. The summed E-state index contributed by atoms with van der Waals surface area (Å²) in [5, 5.41) is 273. The van der Waals surface area contributed by atoms with E-state index in [4.69, 9.17) is 80.5 Å². The maximum atomic E-state index is 13.4. The van der Waals surface area contributed by atoms with E-state index >= 15 is 0 Å². The van der Waals surface area contributed by atoms with Crippen LogP contribution >= 0.6 is 0 Å². The quantitative estimate of drug-likeness (QED) is 0.0382. The zero-order valence-electron chi connectivity index (χ0n) is 57.8. The first-order chi connectivity index (χ1) is 50.5.